The van der Waals surface area contributed by atoms with Crippen LogP contribution in [0.25, 0.3) is 10.9 Å². The summed E-state index contributed by atoms with van der Waals surface area (Å²) in [6.45, 7) is 0.633. The number of nitrogens with one attached hydrogen (secondary N) is 2. The van der Waals surface area contributed by atoms with Gasteiger partial charge in [-0.15, -0.1) is 0 Å². The Labute approximate surface area is 152 Å². The molecule has 0 aliphatic carbocycles. The number of aromatic nitrogens is 1. The molecular formula is C23H20N2O. The average molecular weight is 340 g/mol. The van der Waals surface area contributed by atoms with E-state index in [0.717, 1.165) is 27.6 Å². The van der Waals surface area contributed by atoms with Gasteiger partial charge in [-0.05, 0) is 17.2 Å². The number of ketones is 1. The third-order valence-corrected chi connectivity index (χ3v) is 4.60. The minimum Gasteiger partial charge on any atom is -0.360 e. The molecule has 0 saturated heterocycles. The lowest BCUT2D eigenvalue weighted by molar-refractivity contribution is 0.0943. The van der Waals surface area contributed by atoms with Crippen molar-refractivity contribution in [3.05, 3.63) is 108 Å². The maximum atomic E-state index is 13.4. The van der Waals surface area contributed by atoms with E-state index in [-0.39, 0.29) is 5.78 Å². The van der Waals surface area contributed by atoms with Gasteiger partial charge < -0.3 is 4.98 Å². The van der Waals surface area contributed by atoms with Gasteiger partial charge in [-0.2, -0.15) is 0 Å². The topological polar surface area (TPSA) is 44.9 Å². The molecular weight excluding hydrogens is 320 g/mol. The summed E-state index contributed by atoms with van der Waals surface area (Å²) in [4.78, 5) is 16.6. The molecule has 4 rings (SSSR count). The highest BCUT2D eigenvalue weighted by Crippen LogP contribution is 2.25. The van der Waals surface area contributed by atoms with Crippen molar-refractivity contribution in [3.63, 3.8) is 0 Å². The number of carbonyl (C=O) groups excluding carboxylic acids is 1. The molecule has 1 heterocycles. The Hall–Kier alpha value is -3.17. The van der Waals surface area contributed by atoms with Crippen LogP contribution in [0.15, 0.2) is 91.1 Å². The summed E-state index contributed by atoms with van der Waals surface area (Å²) in [7, 11) is 0. The van der Waals surface area contributed by atoms with Gasteiger partial charge in [-0.25, -0.2) is 0 Å². The Balaban J connectivity index is 1.67. The Bertz CT molecular complexity index is 1010. The number of aromatic amines is 1. The molecule has 1 atom stereocenters. The van der Waals surface area contributed by atoms with Crippen LogP contribution in [-0.2, 0) is 6.54 Å². The first-order valence-electron chi connectivity index (χ1n) is 8.75. The smallest absolute Gasteiger partial charge is 0.186 e. The molecule has 0 radical (unpaired) electrons. The SMILES string of the molecule is O=C(c1c[nH]c2ccccc12)C(NCc1ccccc1)c1ccccc1. The third kappa shape index (κ3) is 3.30. The lowest BCUT2D eigenvalue weighted by Gasteiger charge is -2.18. The number of para-hydroxylation sites is 1. The maximum Gasteiger partial charge on any atom is 0.186 e. The summed E-state index contributed by atoms with van der Waals surface area (Å²) in [5.41, 5.74) is 3.82. The summed E-state index contributed by atoms with van der Waals surface area (Å²) in [6.07, 6.45) is 1.81. The Morgan fingerprint density at radius 1 is 0.846 bits per heavy atom. The number of H-pyrrole nitrogens is 1. The molecule has 128 valence electrons. The van der Waals surface area contributed by atoms with Gasteiger partial charge in [0.25, 0.3) is 0 Å². The van der Waals surface area contributed by atoms with Gasteiger partial charge in [-0.1, -0.05) is 78.9 Å². The summed E-state index contributed by atoms with van der Waals surface area (Å²) < 4.78 is 0. The zero-order chi connectivity index (χ0) is 17.8. The van der Waals surface area contributed by atoms with Crippen molar-refractivity contribution in [1.29, 1.82) is 0 Å². The van der Waals surface area contributed by atoms with Crippen LogP contribution in [0.4, 0.5) is 0 Å². The fourth-order valence-corrected chi connectivity index (χ4v) is 3.25. The van der Waals surface area contributed by atoms with Crippen LogP contribution >= 0.6 is 0 Å². The second-order valence-corrected chi connectivity index (χ2v) is 6.32. The molecule has 1 unspecified atom stereocenters. The van der Waals surface area contributed by atoms with E-state index in [9.17, 15) is 4.79 Å². The van der Waals surface area contributed by atoms with Gasteiger partial charge in [0.15, 0.2) is 5.78 Å². The molecule has 0 aliphatic heterocycles. The Morgan fingerprint density at radius 3 is 2.27 bits per heavy atom. The van der Waals surface area contributed by atoms with Crippen molar-refractivity contribution in [2.75, 3.05) is 0 Å². The molecule has 0 fully saturated rings. The van der Waals surface area contributed by atoms with Crippen molar-refractivity contribution < 1.29 is 4.79 Å². The van der Waals surface area contributed by atoms with Gasteiger partial charge in [0.1, 0.15) is 0 Å². The number of carbonyl (C=O) groups is 1. The number of hydrogen-bond acceptors (Lipinski definition) is 2. The second kappa shape index (κ2) is 7.38. The third-order valence-electron chi connectivity index (χ3n) is 4.60. The summed E-state index contributed by atoms with van der Waals surface area (Å²) in [6, 6.07) is 27.5. The van der Waals surface area contributed by atoms with Gasteiger partial charge in [0, 0.05) is 29.2 Å². The predicted octanol–water partition coefficient (Wildman–Crippen LogP) is 4.88. The van der Waals surface area contributed by atoms with Crippen LogP contribution in [-0.4, -0.2) is 10.8 Å². The number of rotatable bonds is 6. The van der Waals surface area contributed by atoms with Crippen LogP contribution < -0.4 is 5.32 Å². The number of hydrogen-bond donors (Lipinski definition) is 2. The number of benzene rings is 3. The van der Waals surface area contributed by atoms with E-state index in [1.165, 1.54) is 0 Å². The quantitative estimate of drug-likeness (QED) is 0.491. The monoisotopic (exact) mass is 340 g/mol. The van der Waals surface area contributed by atoms with Crippen molar-refractivity contribution in [1.82, 2.24) is 10.3 Å². The van der Waals surface area contributed by atoms with Crippen molar-refractivity contribution in [2.45, 2.75) is 12.6 Å². The lowest BCUT2D eigenvalue weighted by Crippen LogP contribution is -2.28. The van der Waals surface area contributed by atoms with E-state index in [1.54, 1.807) is 0 Å². The highest BCUT2D eigenvalue weighted by molar-refractivity contribution is 6.10. The van der Waals surface area contributed by atoms with Crippen LogP contribution in [0.3, 0.4) is 0 Å². The minimum atomic E-state index is -0.393. The van der Waals surface area contributed by atoms with E-state index >= 15 is 0 Å². The molecule has 1 aromatic heterocycles. The van der Waals surface area contributed by atoms with E-state index in [1.807, 2.05) is 79.0 Å². The fourth-order valence-electron chi connectivity index (χ4n) is 3.25. The molecule has 0 aliphatic rings. The zero-order valence-corrected chi connectivity index (χ0v) is 14.4. The summed E-state index contributed by atoms with van der Waals surface area (Å²) in [5.74, 6) is 0.0737. The molecule has 3 heteroatoms. The van der Waals surface area contributed by atoms with E-state index < -0.39 is 6.04 Å². The van der Waals surface area contributed by atoms with Gasteiger partial charge >= 0.3 is 0 Å². The molecule has 0 bridgehead atoms. The highest BCUT2D eigenvalue weighted by Gasteiger charge is 2.23. The van der Waals surface area contributed by atoms with Gasteiger partial charge in [0.2, 0.25) is 0 Å². The molecule has 3 nitrogen and oxygen atoms in total. The number of fused-ring (bicyclic) bond motifs is 1. The first-order valence-corrected chi connectivity index (χ1v) is 8.75. The van der Waals surface area contributed by atoms with Crippen LogP contribution in [0.1, 0.15) is 27.5 Å². The second-order valence-electron chi connectivity index (χ2n) is 6.32. The molecule has 0 saturated carbocycles. The molecule has 3 aromatic carbocycles. The molecule has 0 spiro atoms. The number of Topliss-reactive ketones (excluding diaryl/α,β-unsaturated/α-hetero) is 1. The van der Waals surface area contributed by atoms with Crippen LogP contribution in [0.2, 0.25) is 0 Å². The molecule has 0 amide bonds. The largest absolute Gasteiger partial charge is 0.360 e. The Kier molecular flexibility index (Phi) is 4.63. The van der Waals surface area contributed by atoms with E-state index in [0.29, 0.717) is 6.54 Å². The first kappa shape index (κ1) is 16.3. The summed E-state index contributed by atoms with van der Waals surface area (Å²) in [5, 5.41) is 4.40. The first-order chi connectivity index (χ1) is 12.8. The van der Waals surface area contributed by atoms with Crippen molar-refractivity contribution in [3.8, 4) is 0 Å². The zero-order valence-electron chi connectivity index (χ0n) is 14.4. The molecule has 26 heavy (non-hydrogen) atoms. The Morgan fingerprint density at radius 2 is 1.50 bits per heavy atom. The normalized spacial score (nSPS) is 12.2. The molecule has 2 N–H and O–H groups in total. The van der Waals surface area contributed by atoms with Crippen LogP contribution in [0, 0.1) is 0 Å². The van der Waals surface area contributed by atoms with Crippen LogP contribution in [0.5, 0.6) is 0 Å². The van der Waals surface area contributed by atoms with E-state index in [4.69, 9.17) is 0 Å². The minimum absolute atomic E-state index is 0.0737. The van der Waals surface area contributed by atoms with Crippen molar-refractivity contribution in [2.24, 2.45) is 0 Å². The summed E-state index contributed by atoms with van der Waals surface area (Å²) >= 11 is 0. The molecule has 4 aromatic rings. The van der Waals surface area contributed by atoms with Gasteiger partial charge in [-0.3, -0.25) is 10.1 Å². The average Bonchev–Trinajstić information content (AvgIpc) is 3.14. The van der Waals surface area contributed by atoms with Gasteiger partial charge in [0.05, 0.1) is 6.04 Å². The lowest BCUT2D eigenvalue weighted by atomic mass is 9.96. The fraction of sp³-hybridized carbons (Fsp3) is 0.0870. The highest BCUT2D eigenvalue weighted by atomic mass is 16.1. The predicted molar refractivity (Wildman–Crippen MR) is 105 cm³/mol. The van der Waals surface area contributed by atoms with E-state index in [2.05, 4.69) is 22.4 Å². The maximum absolute atomic E-state index is 13.4. The van der Waals surface area contributed by atoms with Crippen molar-refractivity contribution >= 4 is 16.7 Å². The standard InChI is InChI=1S/C23H20N2O/c26-23(20-16-24-21-14-8-7-13-19(20)21)22(18-11-5-2-6-12-18)25-15-17-9-3-1-4-10-17/h1-14,16,22,24-25H,15H2.